The van der Waals surface area contributed by atoms with Crippen molar-refractivity contribution in [2.45, 2.75) is 27.7 Å². The van der Waals surface area contributed by atoms with Crippen LogP contribution in [0.5, 0.6) is 0 Å². The summed E-state index contributed by atoms with van der Waals surface area (Å²) in [5.41, 5.74) is 3.32. The second-order valence-corrected chi connectivity index (χ2v) is 7.64. The first-order valence-electron chi connectivity index (χ1n) is 9.91. The molecule has 0 radical (unpaired) electrons. The first-order chi connectivity index (χ1) is 15.1. The summed E-state index contributed by atoms with van der Waals surface area (Å²) in [6.45, 7) is 6.64. The van der Waals surface area contributed by atoms with Crippen LogP contribution < -0.4 is 0 Å². The standard InChI is InChI=1S/C26H22O6/c1-13-15(3)19(25(29)30)11-9-17(13)23(27)21-7-5-6-8-22(21)24(28)18-10-12-20(26(31)32)16(4)14(18)2/h5-12H,1-4H3,(H,29,30)(H,31,32). The van der Waals surface area contributed by atoms with Crippen LogP contribution in [-0.2, 0) is 0 Å². The normalized spacial score (nSPS) is 10.6. The fraction of sp³-hybridized carbons (Fsp3) is 0.154. The quantitative estimate of drug-likeness (QED) is 0.545. The molecule has 3 aromatic rings. The number of hydrogen-bond donors (Lipinski definition) is 2. The number of ketones is 2. The van der Waals surface area contributed by atoms with Crippen molar-refractivity contribution in [1.82, 2.24) is 0 Å². The predicted molar refractivity (Wildman–Crippen MR) is 119 cm³/mol. The number of carbonyl (C=O) groups is 4. The molecular weight excluding hydrogens is 408 g/mol. The van der Waals surface area contributed by atoms with E-state index in [4.69, 9.17) is 0 Å². The van der Waals surface area contributed by atoms with Gasteiger partial charge in [-0.25, -0.2) is 9.59 Å². The number of carboxylic acids is 2. The SMILES string of the molecule is Cc1c(C(=O)O)ccc(C(=O)c2ccccc2C(=O)c2ccc(C(=O)O)c(C)c2C)c1C. The summed E-state index contributed by atoms with van der Waals surface area (Å²) in [5, 5.41) is 18.6. The lowest BCUT2D eigenvalue weighted by molar-refractivity contribution is 0.0685. The van der Waals surface area contributed by atoms with Crippen LogP contribution >= 0.6 is 0 Å². The molecule has 6 nitrogen and oxygen atoms in total. The average Bonchev–Trinajstić information content (AvgIpc) is 2.76. The summed E-state index contributed by atoms with van der Waals surface area (Å²) in [5.74, 6) is -2.92. The van der Waals surface area contributed by atoms with Gasteiger partial charge in [0.2, 0.25) is 0 Å². The van der Waals surface area contributed by atoms with Crippen LogP contribution in [0.3, 0.4) is 0 Å². The molecule has 2 N–H and O–H groups in total. The minimum atomic E-state index is -1.07. The van der Waals surface area contributed by atoms with Gasteiger partial charge in [-0.05, 0) is 74.2 Å². The van der Waals surface area contributed by atoms with Crippen molar-refractivity contribution >= 4 is 23.5 Å². The van der Waals surface area contributed by atoms with E-state index < -0.39 is 11.9 Å². The molecule has 0 aromatic heterocycles. The van der Waals surface area contributed by atoms with E-state index in [0.29, 0.717) is 33.4 Å². The maximum Gasteiger partial charge on any atom is 0.335 e. The molecule has 0 aliphatic rings. The topological polar surface area (TPSA) is 109 Å². The molecule has 0 bridgehead atoms. The Morgan fingerprint density at radius 3 is 1.06 bits per heavy atom. The summed E-state index contributed by atoms with van der Waals surface area (Å²) < 4.78 is 0. The minimum absolute atomic E-state index is 0.119. The molecule has 6 heteroatoms. The number of carboxylic acid groups (broad SMARTS) is 2. The molecule has 0 aliphatic heterocycles. The van der Waals surface area contributed by atoms with Crippen LogP contribution in [-0.4, -0.2) is 33.7 Å². The van der Waals surface area contributed by atoms with Crippen molar-refractivity contribution in [3.63, 3.8) is 0 Å². The number of carbonyl (C=O) groups excluding carboxylic acids is 2. The fourth-order valence-corrected chi connectivity index (χ4v) is 3.77. The monoisotopic (exact) mass is 430 g/mol. The van der Waals surface area contributed by atoms with Crippen molar-refractivity contribution in [2.75, 3.05) is 0 Å². The van der Waals surface area contributed by atoms with Crippen molar-refractivity contribution in [3.8, 4) is 0 Å². The summed E-state index contributed by atoms with van der Waals surface area (Å²) in [7, 11) is 0. The van der Waals surface area contributed by atoms with Gasteiger partial charge in [-0.2, -0.15) is 0 Å². The van der Waals surface area contributed by atoms with Gasteiger partial charge < -0.3 is 10.2 Å². The molecule has 0 saturated carbocycles. The maximum absolute atomic E-state index is 13.4. The van der Waals surface area contributed by atoms with Crippen LogP contribution in [0.1, 0.15) is 74.8 Å². The van der Waals surface area contributed by atoms with Gasteiger partial charge in [0.25, 0.3) is 0 Å². The van der Waals surface area contributed by atoms with Gasteiger partial charge in [-0.3, -0.25) is 9.59 Å². The molecular formula is C26H22O6. The molecule has 0 spiro atoms. The summed E-state index contributed by atoms with van der Waals surface area (Å²) >= 11 is 0. The molecule has 0 atom stereocenters. The molecule has 32 heavy (non-hydrogen) atoms. The van der Waals surface area contributed by atoms with Crippen molar-refractivity contribution in [2.24, 2.45) is 0 Å². The van der Waals surface area contributed by atoms with Crippen molar-refractivity contribution < 1.29 is 29.4 Å². The van der Waals surface area contributed by atoms with Crippen LogP contribution in [0, 0.1) is 27.7 Å². The van der Waals surface area contributed by atoms with Gasteiger partial charge in [-0.1, -0.05) is 24.3 Å². The molecule has 3 aromatic carbocycles. The van der Waals surface area contributed by atoms with Crippen LogP contribution in [0.25, 0.3) is 0 Å². The average molecular weight is 430 g/mol. The Morgan fingerprint density at radius 1 is 0.469 bits per heavy atom. The highest BCUT2D eigenvalue weighted by Crippen LogP contribution is 2.26. The molecule has 0 amide bonds. The zero-order chi connectivity index (χ0) is 23.7. The highest BCUT2D eigenvalue weighted by molar-refractivity contribution is 6.20. The summed E-state index contributed by atoms with van der Waals surface area (Å²) in [4.78, 5) is 49.5. The lowest BCUT2D eigenvalue weighted by Gasteiger charge is -2.14. The van der Waals surface area contributed by atoms with Crippen LogP contribution in [0.15, 0.2) is 48.5 Å². The number of benzene rings is 3. The molecule has 3 rings (SSSR count). The number of aromatic carboxylic acids is 2. The Morgan fingerprint density at radius 2 is 0.750 bits per heavy atom. The third kappa shape index (κ3) is 3.83. The minimum Gasteiger partial charge on any atom is -0.478 e. The van der Waals surface area contributed by atoms with E-state index in [1.54, 1.807) is 52.0 Å². The highest BCUT2D eigenvalue weighted by Gasteiger charge is 2.24. The summed E-state index contributed by atoms with van der Waals surface area (Å²) in [6.07, 6.45) is 0. The molecule has 0 fully saturated rings. The van der Waals surface area contributed by atoms with E-state index in [1.165, 1.54) is 24.3 Å². The van der Waals surface area contributed by atoms with Gasteiger partial charge in [0.05, 0.1) is 11.1 Å². The zero-order valence-corrected chi connectivity index (χ0v) is 18.1. The number of rotatable bonds is 6. The largest absolute Gasteiger partial charge is 0.478 e. The Kier molecular flexibility index (Phi) is 6.07. The van der Waals surface area contributed by atoms with Crippen molar-refractivity contribution in [3.05, 3.63) is 104 Å². The molecule has 0 heterocycles. The Labute approximate surface area is 185 Å². The van der Waals surface area contributed by atoms with Gasteiger partial charge in [0.1, 0.15) is 0 Å². The zero-order valence-electron chi connectivity index (χ0n) is 18.1. The van der Waals surface area contributed by atoms with E-state index in [1.807, 2.05) is 0 Å². The second-order valence-electron chi connectivity index (χ2n) is 7.64. The Bertz CT molecular complexity index is 1200. The second kappa shape index (κ2) is 8.59. The van der Waals surface area contributed by atoms with E-state index in [0.717, 1.165) is 0 Å². The van der Waals surface area contributed by atoms with Crippen LogP contribution in [0.2, 0.25) is 0 Å². The third-order valence-electron chi connectivity index (χ3n) is 5.94. The first kappa shape index (κ1) is 22.6. The molecule has 162 valence electrons. The predicted octanol–water partition coefficient (Wildman–Crippen LogP) is 4.78. The fourth-order valence-electron chi connectivity index (χ4n) is 3.77. The van der Waals surface area contributed by atoms with Gasteiger partial charge in [0.15, 0.2) is 11.6 Å². The number of hydrogen-bond acceptors (Lipinski definition) is 4. The van der Waals surface area contributed by atoms with Crippen LogP contribution in [0.4, 0.5) is 0 Å². The van der Waals surface area contributed by atoms with E-state index in [2.05, 4.69) is 0 Å². The van der Waals surface area contributed by atoms with E-state index in [9.17, 15) is 29.4 Å². The van der Waals surface area contributed by atoms with Gasteiger partial charge in [-0.15, -0.1) is 0 Å². The smallest absolute Gasteiger partial charge is 0.335 e. The molecule has 0 unspecified atom stereocenters. The lowest BCUT2D eigenvalue weighted by atomic mass is 9.87. The third-order valence-corrected chi connectivity index (χ3v) is 5.94. The molecule has 0 saturated heterocycles. The lowest BCUT2D eigenvalue weighted by Crippen LogP contribution is -2.15. The van der Waals surface area contributed by atoms with Crippen molar-refractivity contribution in [1.29, 1.82) is 0 Å². The summed E-state index contributed by atoms with van der Waals surface area (Å²) in [6, 6.07) is 12.1. The van der Waals surface area contributed by atoms with E-state index in [-0.39, 0.29) is 33.8 Å². The van der Waals surface area contributed by atoms with Gasteiger partial charge in [0, 0.05) is 22.3 Å². The molecule has 0 aliphatic carbocycles. The highest BCUT2D eigenvalue weighted by atomic mass is 16.4. The Balaban J connectivity index is 2.11. The van der Waals surface area contributed by atoms with E-state index >= 15 is 0 Å². The van der Waals surface area contributed by atoms with Gasteiger partial charge >= 0.3 is 11.9 Å². The maximum atomic E-state index is 13.4. The Hall–Kier alpha value is -4.06. The first-order valence-corrected chi connectivity index (χ1v) is 9.91.